The van der Waals surface area contributed by atoms with E-state index >= 15 is 0 Å². The largest absolute Gasteiger partial charge is 0.266 e. The van der Waals surface area contributed by atoms with E-state index in [0.29, 0.717) is 22.0 Å². The van der Waals surface area contributed by atoms with Crippen molar-refractivity contribution in [2.45, 2.75) is 52.0 Å². The molecule has 0 bridgehead atoms. The van der Waals surface area contributed by atoms with Crippen LogP contribution in [-0.4, -0.2) is 25.9 Å². The number of fused-ring (bicyclic) bond motifs is 1. The Kier molecular flexibility index (Phi) is 5.06. The lowest BCUT2D eigenvalue weighted by atomic mass is 9.52. The van der Waals surface area contributed by atoms with Gasteiger partial charge in [-0.2, -0.15) is 5.10 Å². The lowest BCUT2D eigenvalue weighted by Gasteiger charge is -2.53. The summed E-state index contributed by atoms with van der Waals surface area (Å²) in [6.07, 6.45) is 5.50. The fraction of sp³-hybridized carbons (Fsp3) is 0.667. The fourth-order valence-corrected chi connectivity index (χ4v) is 5.11. The van der Waals surface area contributed by atoms with Gasteiger partial charge >= 0.3 is 0 Å². The molecule has 5 nitrogen and oxygen atoms in total. The molecule has 4 atom stereocenters. The fourth-order valence-electron chi connectivity index (χ4n) is 4.04. The zero-order valence-electron chi connectivity index (χ0n) is 15.0. The van der Waals surface area contributed by atoms with E-state index in [1.807, 2.05) is 12.1 Å². The standard InChI is InChI=1S/C18H28N4OS/c1-5-13-10-14(18(13,3)4)9-12(2)11-20-24(23)17-15-7-6-8-19-16(15)21-22-17/h6-8,12-14,20H,5,9-11H2,1-4H3,(H,19,21,22). The Bertz CT molecular complexity index is 727. The van der Waals surface area contributed by atoms with Gasteiger partial charge in [0.05, 0.1) is 5.39 Å². The minimum atomic E-state index is -1.28. The van der Waals surface area contributed by atoms with Crippen molar-refractivity contribution in [1.29, 1.82) is 0 Å². The number of aromatic amines is 1. The van der Waals surface area contributed by atoms with E-state index in [1.165, 1.54) is 19.3 Å². The third-order valence-corrected chi connectivity index (χ3v) is 7.01. The smallest absolute Gasteiger partial charge is 0.182 e. The Hall–Kier alpha value is -1.27. The number of hydrogen-bond acceptors (Lipinski definition) is 3. The normalized spacial score (nSPS) is 25.3. The molecule has 0 spiro atoms. The molecule has 6 heteroatoms. The van der Waals surface area contributed by atoms with Crippen LogP contribution < -0.4 is 4.72 Å². The maximum absolute atomic E-state index is 12.5. The summed E-state index contributed by atoms with van der Waals surface area (Å²) < 4.78 is 15.7. The third kappa shape index (κ3) is 3.26. The highest BCUT2D eigenvalue weighted by atomic mass is 32.2. The Morgan fingerprint density at radius 2 is 2.25 bits per heavy atom. The highest BCUT2D eigenvalue weighted by Gasteiger charge is 2.46. The van der Waals surface area contributed by atoms with Crippen LogP contribution in [0.3, 0.4) is 0 Å². The molecular formula is C18H28N4OS. The minimum absolute atomic E-state index is 0.452. The molecule has 2 aromatic rings. The molecule has 4 unspecified atom stereocenters. The van der Waals surface area contributed by atoms with Gasteiger partial charge in [0.1, 0.15) is 16.0 Å². The number of pyridine rings is 1. The molecule has 0 aliphatic heterocycles. The number of nitrogens with zero attached hydrogens (tertiary/aromatic N) is 2. The molecule has 0 radical (unpaired) electrons. The van der Waals surface area contributed by atoms with Gasteiger partial charge in [0.25, 0.3) is 0 Å². The Balaban J connectivity index is 1.53. The number of aromatic nitrogens is 3. The summed E-state index contributed by atoms with van der Waals surface area (Å²) in [5.41, 5.74) is 1.06. The van der Waals surface area contributed by atoms with E-state index in [1.54, 1.807) is 6.20 Å². The summed E-state index contributed by atoms with van der Waals surface area (Å²) in [6.45, 7) is 10.1. The summed E-state index contributed by atoms with van der Waals surface area (Å²) in [4.78, 5) is 4.16. The molecule has 3 rings (SSSR count). The maximum atomic E-state index is 12.5. The molecule has 0 saturated heterocycles. The second-order valence-electron chi connectivity index (χ2n) is 7.74. The van der Waals surface area contributed by atoms with E-state index in [2.05, 4.69) is 47.6 Å². The Labute approximate surface area is 146 Å². The van der Waals surface area contributed by atoms with Gasteiger partial charge in [-0.1, -0.05) is 34.1 Å². The van der Waals surface area contributed by atoms with Crippen LogP contribution in [0, 0.1) is 23.2 Å². The second-order valence-corrected chi connectivity index (χ2v) is 8.98. The zero-order valence-corrected chi connectivity index (χ0v) is 15.8. The summed E-state index contributed by atoms with van der Waals surface area (Å²) in [7, 11) is -1.28. The van der Waals surface area contributed by atoms with Crippen LogP contribution >= 0.6 is 0 Å². The van der Waals surface area contributed by atoms with Crippen LogP contribution in [-0.2, 0) is 11.0 Å². The van der Waals surface area contributed by atoms with Crippen molar-refractivity contribution in [3.05, 3.63) is 18.3 Å². The number of rotatable bonds is 7. The molecule has 1 saturated carbocycles. The van der Waals surface area contributed by atoms with E-state index in [-0.39, 0.29) is 0 Å². The van der Waals surface area contributed by atoms with Gasteiger partial charge < -0.3 is 0 Å². The van der Waals surface area contributed by atoms with Crippen LogP contribution in [0.5, 0.6) is 0 Å². The van der Waals surface area contributed by atoms with Crippen LogP contribution in [0.2, 0.25) is 0 Å². The first kappa shape index (κ1) is 17.5. The molecule has 24 heavy (non-hydrogen) atoms. The Morgan fingerprint density at radius 3 is 2.96 bits per heavy atom. The number of hydrogen-bond donors (Lipinski definition) is 2. The van der Waals surface area contributed by atoms with Gasteiger partial charge in [-0.25, -0.2) is 13.9 Å². The van der Waals surface area contributed by atoms with Crippen LogP contribution in [0.25, 0.3) is 11.0 Å². The highest BCUT2D eigenvalue weighted by Crippen LogP contribution is 2.54. The summed E-state index contributed by atoms with van der Waals surface area (Å²) >= 11 is 0. The predicted molar refractivity (Wildman–Crippen MR) is 97.7 cm³/mol. The topological polar surface area (TPSA) is 70.7 Å². The molecule has 0 amide bonds. The van der Waals surface area contributed by atoms with Gasteiger partial charge in [0.2, 0.25) is 0 Å². The van der Waals surface area contributed by atoms with Crippen molar-refractivity contribution in [2.75, 3.05) is 6.54 Å². The predicted octanol–water partition coefficient (Wildman–Crippen LogP) is 3.67. The van der Waals surface area contributed by atoms with Gasteiger partial charge in [-0.05, 0) is 48.1 Å². The molecule has 1 aliphatic carbocycles. The summed E-state index contributed by atoms with van der Waals surface area (Å²) in [5.74, 6) is 2.15. The van der Waals surface area contributed by atoms with Crippen molar-refractivity contribution < 1.29 is 4.21 Å². The molecule has 1 aliphatic rings. The van der Waals surface area contributed by atoms with Crippen LogP contribution in [0.4, 0.5) is 0 Å². The van der Waals surface area contributed by atoms with Crippen molar-refractivity contribution in [3.8, 4) is 0 Å². The number of H-pyrrole nitrogens is 1. The van der Waals surface area contributed by atoms with Crippen molar-refractivity contribution >= 4 is 22.0 Å². The van der Waals surface area contributed by atoms with Crippen molar-refractivity contribution in [3.63, 3.8) is 0 Å². The van der Waals surface area contributed by atoms with E-state index in [0.717, 1.165) is 23.8 Å². The molecule has 132 valence electrons. The molecule has 2 heterocycles. The molecule has 1 fully saturated rings. The quantitative estimate of drug-likeness (QED) is 0.802. The SMILES string of the molecule is CCC1CC(CC(C)CNS(=O)c2[nH]nc3ncccc23)C1(C)C. The van der Waals surface area contributed by atoms with E-state index < -0.39 is 11.0 Å². The third-order valence-electron chi connectivity index (χ3n) is 5.90. The monoisotopic (exact) mass is 348 g/mol. The highest BCUT2D eigenvalue weighted by molar-refractivity contribution is 7.83. The lowest BCUT2D eigenvalue weighted by Crippen LogP contribution is -2.45. The molecule has 0 aromatic carbocycles. The average Bonchev–Trinajstić information content (AvgIpc) is 3.00. The summed E-state index contributed by atoms with van der Waals surface area (Å²) in [6, 6.07) is 3.73. The number of nitrogens with one attached hydrogen (secondary N) is 2. The minimum Gasteiger partial charge on any atom is -0.266 e. The lowest BCUT2D eigenvalue weighted by molar-refractivity contribution is -0.0348. The summed E-state index contributed by atoms with van der Waals surface area (Å²) in [5, 5.41) is 8.39. The zero-order chi connectivity index (χ0) is 17.3. The van der Waals surface area contributed by atoms with Gasteiger partial charge in [0.15, 0.2) is 5.65 Å². The van der Waals surface area contributed by atoms with Crippen molar-refractivity contribution in [2.24, 2.45) is 23.2 Å². The van der Waals surface area contributed by atoms with Gasteiger partial charge in [-0.3, -0.25) is 5.10 Å². The first-order valence-corrected chi connectivity index (χ1v) is 10.0. The molecule has 2 aromatic heterocycles. The second kappa shape index (κ2) is 6.92. The average molecular weight is 349 g/mol. The first-order chi connectivity index (χ1) is 11.4. The first-order valence-electron chi connectivity index (χ1n) is 8.87. The maximum Gasteiger partial charge on any atom is 0.182 e. The van der Waals surface area contributed by atoms with Crippen molar-refractivity contribution in [1.82, 2.24) is 19.9 Å². The Morgan fingerprint density at radius 1 is 1.46 bits per heavy atom. The van der Waals surface area contributed by atoms with Gasteiger partial charge in [0, 0.05) is 12.7 Å². The van der Waals surface area contributed by atoms with Crippen LogP contribution in [0.1, 0.15) is 47.0 Å². The van der Waals surface area contributed by atoms with Crippen LogP contribution in [0.15, 0.2) is 23.4 Å². The molecular weight excluding hydrogens is 320 g/mol. The molecule has 2 N–H and O–H groups in total. The van der Waals surface area contributed by atoms with Gasteiger partial charge in [-0.15, -0.1) is 0 Å². The van der Waals surface area contributed by atoms with E-state index in [9.17, 15) is 4.21 Å². The van der Waals surface area contributed by atoms with E-state index in [4.69, 9.17) is 0 Å².